The van der Waals surface area contributed by atoms with Gasteiger partial charge in [-0.3, -0.25) is 9.69 Å². The summed E-state index contributed by atoms with van der Waals surface area (Å²) in [5, 5.41) is 2.84. The minimum Gasteiger partial charge on any atom is -0.326 e. The van der Waals surface area contributed by atoms with E-state index in [4.69, 9.17) is 0 Å². The fraction of sp³-hybridized carbons (Fsp3) is 0.846. The van der Waals surface area contributed by atoms with Gasteiger partial charge in [-0.25, -0.2) is 4.79 Å². The molecule has 2 aliphatic rings. The summed E-state index contributed by atoms with van der Waals surface area (Å²) in [5.41, 5.74) is 0. The van der Waals surface area contributed by atoms with Crippen molar-refractivity contribution >= 4 is 11.9 Å². The van der Waals surface area contributed by atoms with Crippen molar-refractivity contribution in [3.63, 3.8) is 0 Å². The van der Waals surface area contributed by atoms with Gasteiger partial charge in [-0.2, -0.15) is 0 Å². The quantitative estimate of drug-likeness (QED) is 0.767. The van der Waals surface area contributed by atoms with E-state index >= 15 is 0 Å². The van der Waals surface area contributed by atoms with Gasteiger partial charge < -0.3 is 5.32 Å². The third kappa shape index (κ3) is 2.31. The fourth-order valence-electron chi connectivity index (χ4n) is 2.82. The number of rotatable bonds is 3. The lowest BCUT2D eigenvalue weighted by atomic mass is 9.93. The van der Waals surface area contributed by atoms with Crippen LogP contribution in [0.5, 0.6) is 0 Å². The van der Waals surface area contributed by atoms with Crippen LogP contribution in [0.1, 0.15) is 52.4 Å². The van der Waals surface area contributed by atoms with Gasteiger partial charge in [0, 0.05) is 6.04 Å². The number of urea groups is 1. The predicted molar refractivity (Wildman–Crippen MR) is 65.5 cm³/mol. The van der Waals surface area contributed by atoms with E-state index in [1.54, 1.807) is 0 Å². The van der Waals surface area contributed by atoms with Gasteiger partial charge in [0.05, 0.1) is 0 Å². The average molecular weight is 238 g/mol. The molecule has 1 saturated heterocycles. The van der Waals surface area contributed by atoms with E-state index in [9.17, 15) is 9.59 Å². The summed E-state index contributed by atoms with van der Waals surface area (Å²) in [6.07, 6.45) is 6.37. The lowest BCUT2D eigenvalue weighted by molar-refractivity contribution is -0.130. The molecule has 0 bridgehead atoms. The molecule has 96 valence electrons. The van der Waals surface area contributed by atoms with Crippen molar-refractivity contribution in [2.24, 2.45) is 5.92 Å². The molecule has 4 nitrogen and oxygen atoms in total. The normalized spacial score (nSPS) is 28.4. The number of carbonyl (C=O) groups excluding carboxylic acids is 2. The van der Waals surface area contributed by atoms with Crippen molar-refractivity contribution in [2.45, 2.75) is 64.5 Å². The first-order valence-electron chi connectivity index (χ1n) is 6.78. The van der Waals surface area contributed by atoms with Gasteiger partial charge in [0.25, 0.3) is 5.91 Å². The summed E-state index contributed by atoms with van der Waals surface area (Å²) >= 11 is 0. The van der Waals surface area contributed by atoms with Crippen molar-refractivity contribution in [1.29, 1.82) is 0 Å². The fourth-order valence-corrected chi connectivity index (χ4v) is 2.82. The van der Waals surface area contributed by atoms with E-state index in [0.717, 1.165) is 32.1 Å². The lowest BCUT2D eigenvalue weighted by Crippen LogP contribution is -2.42. The van der Waals surface area contributed by atoms with Gasteiger partial charge in [-0.05, 0) is 18.8 Å². The Kier molecular flexibility index (Phi) is 3.69. The van der Waals surface area contributed by atoms with Gasteiger partial charge in [0.2, 0.25) is 0 Å². The Bertz CT molecular complexity index is 311. The zero-order chi connectivity index (χ0) is 12.4. The molecule has 0 aromatic rings. The Balaban J connectivity index is 2.07. The predicted octanol–water partition coefficient (Wildman–Crippen LogP) is 2.29. The molecule has 0 spiro atoms. The molecule has 3 amide bonds. The topological polar surface area (TPSA) is 49.4 Å². The SMILES string of the molecule is CC[C@H](C)[C@@H]1NC(=O)N(C2CCCCC2)C1=O. The van der Waals surface area contributed by atoms with Crippen LogP contribution in [0.15, 0.2) is 0 Å². The highest BCUT2D eigenvalue weighted by molar-refractivity contribution is 6.04. The van der Waals surface area contributed by atoms with Crippen LogP contribution in [0.4, 0.5) is 4.79 Å². The molecule has 2 fully saturated rings. The molecule has 0 aromatic carbocycles. The van der Waals surface area contributed by atoms with Crippen LogP contribution in [0.25, 0.3) is 0 Å². The van der Waals surface area contributed by atoms with E-state index < -0.39 is 0 Å². The maximum absolute atomic E-state index is 12.3. The molecular weight excluding hydrogens is 216 g/mol. The Hall–Kier alpha value is -1.06. The molecule has 2 rings (SSSR count). The molecule has 1 aliphatic carbocycles. The van der Waals surface area contributed by atoms with Gasteiger partial charge >= 0.3 is 6.03 Å². The average Bonchev–Trinajstić information content (AvgIpc) is 2.65. The van der Waals surface area contributed by atoms with E-state index in [1.807, 2.05) is 13.8 Å². The third-order valence-corrected chi connectivity index (χ3v) is 4.15. The van der Waals surface area contributed by atoms with Crippen LogP contribution in [-0.2, 0) is 4.79 Å². The largest absolute Gasteiger partial charge is 0.326 e. The van der Waals surface area contributed by atoms with Crippen molar-refractivity contribution < 1.29 is 9.59 Å². The second kappa shape index (κ2) is 5.07. The minimum atomic E-state index is -0.297. The van der Waals surface area contributed by atoms with Gasteiger partial charge in [0.15, 0.2) is 0 Å². The molecule has 1 N–H and O–H groups in total. The number of hydrogen-bond donors (Lipinski definition) is 1. The Labute approximate surface area is 103 Å². The molecule has 0 radical (unpaired) electrons. The third-order valence-electron chi connectivity index (χ3n) is 4.15. The summed E-state index contributed by atoms with van der Waals surface area (Å²) < 4.78 is 0. The summed E-state index contributed by atoms with van der Waals surface area (Å²) in [5.74, 6) is 0.219. The first-order chi connectivity index (χ1) is 8.15. The molecule has 1 saturated carbocycles. The van der Waals surface area contributed by atoms with Crippen molar-refractivity contribution in [1.82, 2.24) is 10.2 Å². The Morgan fingerprint density at radius 2 is 1.94 bits per heavy atom. The smallest absolute Gasteiger partial charge is 0.325 e. The van der Waals surface area contributed by atoms with Gasteiger partial charge in [-0.15, -0.1) is 0 Å². The second-order valence-corrected chi connectivity index (χ2v) is 5.31. The van der Waals surface area contributed by atoms with E-state index in [2.05, 4.69) is 5.32 Å². The Morgan fingerprint density at radius 3 is 2.53 bits per heavy atom. The summed E-state index contributed by atoms with van der Waals surface area (Å²) in [6.45, 7) is 4.07. The highest BCUT2D eigenvalue weighted by atomic mass is 16.2. The number of nitrogens with one attached hydrogen (secondary N) is 1. The highest BCUT2D eigenvalue weighted by Crippen LogP contribution is 2.27. The maximum atomic E-state index is 12.3. The highest BCUT2D eigenvalue weighted by Gasteiger charge is 2.43. The van der Waals surface area contributed by atoms with Crippen molar-refractivity contribution in [3.05, 3.63) is 0 Å². The van der Waals surface area contributed by atoms with Crippen LogP contribution in [0, 0.1) is 5.92 Å². The van der Waals surface area contributed by atoms with E-state index in [-0.39, 0.29) is 29.9 Å². The van der Waals surface area contributed by atoms with E-state index in [0.29, 0.717) is 0 Å². The summed E-state index contributed by atoms with van der Waals surface area (Å²) in [7, 11) is 0. The molecule has 4 heteroatoms. The number of amides is 3. The second-order valence-electron chi connectivity index (χ2n) is 5.31. The van der Waals surface area contributed by atoms with Crippen molar-refractivity contribution in [2.75, 3.05) is 0 Å². The molecule has 17 heavy (non-hydrogen) atoms. The van der Waals surface area contributed by atoms with Crippen LogP contribution in [0.3, 0.4) is 0 Å². The number of hydrogen-bond acceptors (Lipinski definition) is 2. The molecular formula is C13H22N2O2. The van der Waals surface area contributed by atoms with Crippen LogP contribution in [0.2, 0.25) is 0 Å². The molecule has 0 unspecified atom stereocenters. The van der Waals surface area contributed by atoms with E-state index in [1.165, 1.54) is 11.3 Å². The number of imide groups is 1. The van der Waals surface area contributed by atoms with Gasteiger partial charge in [0.1, 0.15) is 6.04 Å². The monoisotopic (exact) mass is 238 g/mol. The number of nitrogens with zero attached hydrogens (tertiary/aromatic N) is 1. The molecule has 2 atom stereocenters. The maximum Gasteiger partial charge on any atom is 0.325 e. The van der Waals surface area contributed by atoms with Crippen LogP contribution < -0.4 is 5.32 Å². The zero-order valence-corrected chi connectivity index (χ0v) is 10.7. The molecule has 1 heterocycles. The van der Waals surface area contributed by atoms with Crippen molar-refractivity contribution in [3.8, 4) is 0 Å². The molecule has 1 aliphatic heterocycles. The van der Waals surface area contributed by atoms with Gasteiger partial charge in [-0.1, -0.05) is 39.5 Å². The summed E-state index contributed by atoms with van der Waals surface area (Å²) in [4.78, 5) is 25.7. The Morgan fingerprint density at radius 1 is 1.29 bits per heavy atom. The van der Waals surface area contributed by atoms with Crippen LogP contribution >= 0.6 is 0 Å². The first kappa shape index (κ1) is 12.4. The minimum absolute atomic E-state index is 0.00347. The zero-order valence-electron chi connectivity index (χ0n) is 10.7. The molecule has 0 aromatic heterocycles. The first-order valence-corrected chi connectivity index (χ1v) is 6.78. The number of carbonyl (C=O) groups is 2. The summed E-state index contributed by atoms with van der Waals surface area (Å²) in [6, 6.07) is -0.327. The lowest BCUT2D eigenvalue weighted by Gasteiger charge is -2.28. The standard InChI is InChI=1S/C13H22N2O2/c1-3-9(2)11-12(16)15(13(17)14-11)10-7-5-4-6-8-10/h9-11H,3-8H2,1-2H3,(H,14,17)/t9-,11-/m0/s1. The van der Waals surface area contributed by atoms with Crippen LogP contribution in [-0.4, -0.2) is 28.9 Å².